The van der Waals surface area contributed by atoms with Crippen molar-refractivity contribution < 1.29 is 9.59 Å². The second-order valence-corrected chi connectivity index (χ2v) is 9.10. The fraction of sp³-hybridized carbons (Fsp3) is 0.333. The molecule has 1 aliphatic heterocycles. The van der Waals surface area contributed by atoms with Crippen molar-refractivity contribution in [3.05, 3.63) is 39.7 Å². The van der Waals surface area contributed by atoms with Crippen LogP contribution in [0.3, 0.4) is 0 Å². The van der Waals surface area contributed by atoms with Gasteiger partial charge in [-0.3, -0.25) is 19.5 Å². The van der Waals surface area contributed by atoms with Crippen molar-refractivity contribution in [2.24, 2.45) is 0 Å². The van der Waals surface area contributed by atoms with Crippen LogP contribution in [0.25, 0.3) is 4.83 Å². The van der Waals surface area contributed by atoms with Crippen molar-refractivity contribution in [2.75, 3.05) is 30.3 Å². The Morgan fingerprint density at radius 1 is 1.25 bits per heavy atom. The SMILES string of the molecule is Cc1ncc(NC(=O)CN2CCCC2)cc1NC(=O)c1cnn2cc(Br)sc12. The van der Waals surface area contributed by atoms with Gasteiger partial charge in [-0.25, -0.2) is 4.52 Å². The van der Waals surface area contributed by atoms with Gasteiger partial charge in [0.15, 0.2) is 0 Å². The summed E-state index contributed by atoms with van der Waals surface area (Å²) in [5.41, 5.74) is 2.27. The number of aromatic nitrogens is 3. The van der Waals surface area contributed by atoms with Crippen LogP contribution in [0.1, 0.15) is 28.9 Å². The van der Waals surface area contributed by atoms with Gasteiger partial charge in [0.2, 0.25) is 5.91 Å². The van der Waals surface area contributed by atoms with Crippen molar-refractivity contribution in [3.63, 3.8) is 0 Å². The summed E-state index contributed by atoms with van der Waals surface area (Å²) in [6.07, 6.45) is 7.22. The van der Waals surface area contributed by atoms with E-state index in [0.29, 0.717) is 29.2 Å². The number of pyridine rings is 1. The number of carbonyl (C=O) groups excluding carboxylic acids is 2. The van der Waals surface area contributed by atoms with E-state index >= 15 is 0 Å². The van der Waals surface area contributed by atoms with Gasteiger partial charge in [0.05, 0.1) is 51.6 Å². The van der Waals surface area contributed by atoms with Crippen LogP contribution in [0, 0.1) is 6.92 Å². The Morgan fingerprint density at radius 3 is 2.82 bits per heavy atom. The molecule has 146 valence electrons. The topological polar surface area (TPSA) is 91.6 Å². The number of anilines is 2. The summed E-state index contributed by atoms with van der Waals surface area (Å²) in [7, 11) is 0. The molecule has 4 rings (SSSR count). The number of thiazole rings is 1. The molecule has 3 aromatic heterocycles. The third-order valence-corrected chi connectivity index (χ3v) is 6.19. The van der Waals surface area contributed by atoms with E-state index in [4.69, 9.17) is 0 Å². The van der Waals surface area contributed by atoms with Crippen LogP contribution in [0.4, 0.5) is 11.4 Å². The quantitative estimate of drug-likeness (QED) is 0.607. The van der Waals surface area contributed by atoms with Crippen molar-refractivity contribution in [1.29, 1.82) is 0 Å². The Bertz CT molecular complexity index is 1040. The first kappa shape index (κ1) is 19.0. The minimum absolute atomic E-state index is 0.0772. The van der Waals surface area contributed by atoms with Crippen LogP contribution in [-0.2, 0) is 4.79 Å². The Kier molecular flexibility index (Phi) is 5.42. The van der Waals surface area contributed by atoms with E-state index in [9.17, 15) is 9.59 Å². The highest BCUT2D eigenvalue weighted by Crippen LogP contribution is 2.27. The molecule has 0 aliphatic carbocycles. The molecule has 0 atom stereocenters. The molecule has 0 radical (unpaired) electrons. The largest absolute Gasteiger partial charge is 0.324 e. The van der Waals surface area contributed by atoms with E-state index in [-0.39, 0.29) is 11.8 Å². The standard InChI is InChI=1S/C18H19BrN6O2S/c1-11-14(23-17(27)13-8-21-25-9-15(19)28-18(13)25)6-12(7-20-11)22-16(26)10-24-4-2-3-5-24/h6-9H,2-5,10H2,1H3,(H,22,26)(H,23,27). The molecule has 1 aliphatic rings. The van der Waals surface area contributed by atoms with Gasteiger partial charge in [-0.15, -0.1) is 11.3 Å². The van der Waals surface area contributed by atoms with E-state index in [1.807, 2.05) is 0 Å². The summed E-state index contributed by atoms with van der Waals surface area (Å²) in [5.74, 6) is -0.346. The molecule has 0 spiro atoms. The summed E-state index contributed by atoms with van der Waals surface area (Å²) in [6.45, 7) is 4.09. The highest BCUT2D eigenvalue weighted by Gasteiger charge is 2.18. The fourth-order valence-corrected chi connectivity index (χ4v) is 4.62. The van der Waals surface area contributed by atoms with Gasteiger partial charge in [0.25, 0.3) is 5.91 Å². The maximum absolute atomic E-state index is 12.7. The monoisotopic (exact) mass is 462 g/mol. The molecule has 8 nitrogen and oxygen atoms in total. The highest BCUT2D eigenvalue weighted by atomic mass is 79.9. The van der Waals surface area contributed by atoms with Crippen LogP contribution in [-0.4, -0.2) is 50.9 Å². The maximum atomic E-state index is 12.7. The van der Waals surface area contributed by atoms with E-state index < -0.39 is 0 Å². The van der Waals surface area contributed by atoms with E-state index in [1.54, 1.807) is 29.9 Å². The molecule has 0 unspecified atom stereocenters. The van der Waals surface area contributed by atoms with Crippen molar-refractivity contribution >= 4 is 55.3 Å². The first-order valence-electron chi connectivity index (χ1n) is 8.92. The number of rotatable bonds is 5. The number of hydrogen-bond donors (Lipinski definition) is 2. The third-order valence-electron chi connectivity index (χ3n) is 4.60. The van der Waals surface area contributed by atoms with Crippen LogP contribution < -0.4 is 10.6 Å². The Morgan fingerprint density at radius 2 is 2.04 bits per heavy atom. The van der Waals surface area contributed by atoms with Gasteiger partial charge in [-0.05, 0) is 54.9 Å². The van der Waals surface area contributed by atoms with Gasteiger partial charge in [0, 0.05) is 0 Å². The lowest BCUT2D eigenvalue weighted by atomic mass is 10.2. The average Bonchev–Trinajstić information content (AvgIpc) is 3.35. The minimum Gasteiger partial charge on any atom is -0.324 e. The molecule has 4 heterocycles. The smallest absolute Gasteiger partial charge is 0.260 e. The number of carbonyl (C=O) groups is 2. The molecular weight excluding hydrogens is 444 g/mol. The Hall–Kier alpha value is -2.30. The van der Waals surface area contributed by atoms with Crippen molar-refractivity contribution in [2.45, 2.75) is 19.8 Å². The number of nitrogens with one attached hydrogen (secondary N) is 2. The molecular formula is C18H19BrN6O2S. The maximum Gasteiger partial charge on any atom is 0.260 e. The molecule has 2 amide bonds. The Labute approximate surface area is 174 Å². The molecule has 1 fully saturated rings. The number of halogens is 1. The third kappa shape index (κ3) is 4.08. The predicted octanol–water partition coefficient (Wildman–Crippen LogP) is 3.15. The summed E-state index contributed by atoms with van der Waals surface area (Å²) in [6, 6.07) is 1.73. The number of nitrogens with zero attached hydrogens (tertiary/aromatic N) is 4. The van der Waals surface area contributed by atoms with Gasteiger partial charge < -0.3 is 10.6 Å². The van der Waals surface area contributed by atoms with E-state index in [1.165, 1.54) is 17.5 Å². The molecule has 3 aromatic rings. The lowest BCUT2D eigenvalue weighted by Gasteiger charge is -2.15. The molecule has 0 saturated carbocycles. The molecule has 10 heteroatoms. The molecule has 0 aromatic carbocycles. The summed E-state index contributed by atoms with van der Waals surface area (Å²) >= 11 is 4.84. The van der Waals surface area contributed by atoms with Crippen molar-refractivity contribution in [1.82, 2.24) is 19.5 Å². The van der Waals surface area contributed by atoms with E-state index in [2.05, 4.69) is 41.5 Å². The summed E-state index contributed by atoms with van der Waals surface area (Å²) < 4.78 is 2.55. The second-order valence-electron chi connectivity index (χ2n) is 6.69. The van der Waals surface area contributed by atoms with Gasteiger partial charge in [-0.2, -0.15) is 5.10 Å². The highest BCUT2D eigenvalue weighted by molar-refractivity contribution is 9.11. The molecule has 28 heavy (non-hydrogen) atoms. The van der Waals surface area contributed by atoms with Crippen LogP contribution in [0.15, 0.2) is 28.4 Å². The van der Waals surface area contributed by atoms with Gasteiger partial charge in [-0.1, -0.05) is 0 Å². The second kappa shape index (κ2) is 7.98. The van der Waals surface area contributed by atoms with Crippen molar-refractivity contribution in [3.8, 4) is 0 Å². The van der Waals surface area contributed by atoms with Crippen LogP contribution >= 0.6 is 27.3 Å². The fourth-order valence-electron chi connectivity index (χ4n) is 3.18. The molecule has 1 saturated heterocycles. The minimum atomic E-state index is -0.269. The first-order valence-corrected chi connectivity index (χ1v) is 10.5. The number of hydrogen-bond acceptors (Lipinski definition) is 6. The molecule has 0 bridgehead atoms. The zero-order valence-electron chi connectivity index (χ0n) is 15.2. The molecule has 2 N–H and O–H groups in total. The lowest BCUT2D eigenvalue weighted by Crippen LogP contribution is -2.30. The zero-order chi connectivity index (χ0) is 19.7. The lowest BCUT2D eigenvalue weighted by molar-refractivity contribution is -0.117. The average molecular weight is 463 g/mol. The van der Waals surface area contributed by atoms with Crippen LogP contribution in [0.2, 0.25) is 0 Å². The van der Waals surface area contributed by atoms with E-state index in [0.717, 1.165) is 34.5 Å². The number of fused-ring (bicyclic) bond motifs is 1. The summed E-state index contributed by atoms with van der Waals surface area (Å²) in [5, 5.41) is 9.93. The normalized spacial score (nSPS) is 14.5. The number of aryl methyl sites for hydroxylation is 1. The number of amides is 2. The zero-order valence-corrected chi connectivity index (χ0v) is 17.6. The number of likely N-dealkylation sites (tertiary alicyclic amines) is 1. The van der Waals surface area contributed by atoms with Gasteiger partial charge >= 0.3 is 0 Å². The first-order chi connectivity index (χ1) is 13.5. The van der Waals surface area contributed by atoms with Crippen LogP contribution in [0.5, 0.6) is 0 Å². The predicted molar refractivity (Wildman–Crippen MR) is 112 cm³/mol. The summed E-state index contributed by atoms with van der Waals surface area (Å²) in [4.78, 5) is 32.1. The van der Waals surface area contributed by atoms with Gasteiger partial charge in [0.1, 0.15) is 4.83 Å². The Balaban J connectivity index is 1.47.